The van der Waals surface area contributed by atoms with E-state index in [-0.39, 0.29) is 17.9 Å². The number of aromatic nitrogens is 2. The highest BCUT2D eigenvalue weighted by Gasteiger charge is 2.20. The molecule has 146 valence electrons. The van der Waals surface area contributed by atoms with Crippen molar-refractivity contribution in [3.05, 3.63) is 57.0 Å². The molecule has 0 saturated heterocycles. The van der Waals surface area contributed by atoms with Crippen LogP contribution in [0.25, 0.3) is 10.2 Å². The molecule has 0 saturated carbocycles. The van der Waals surface area contributed by atoms with Gasteiger partial charge in [-0.15, -0.1) is 11.3 Å². The topological polar surface area (TPSA) is 64.0 Å². The Bertz CT molecular complexity index is 1080. The van der Waals surface area contributed by atoms with Crippen LogP contribution in [0, 0.1) is 0 Å². The van der Waals surface area contributed by atoms with Crippen molar-refractivity contribution in [3.63, 3.8) is 0 Å². The lowest BCUT2D eigenvalue weighted by molar-refractivity contribution is -0.116. The van der Waals surface area contributed by atoms with Gasteiger partial charge in [0.2, 0.25) is 5.91 Å². The third-order valence-electron chi connectivity index (χ3n) is 5.36. The Kier molecular flexibility index (Phi) is 5.31. The van der Waals surface area contributed by atoms with Crippen LogP contribution >= 0.6 is 11.3 Å². The van der Waals surface area contributed by atoms with Gasteiger partial charge in [0.15, 0.2) is 0 Å². The molecule has 4 rings (SSSR count). The minimum absolute atomic E-state index is 0.0148. The van der Waals surface area contributed by atoms with Crippen molar-refractivity contribution in [2.24, 2.45) is 0 Å². The van der Waals surface area contributed by atoms with Crippen LogP contribution in [0.15, 0.2) is 35.4 Å². The van der Waals surface area contributed by atoms with Crippen LogP contribution < -0.4 is 10.9 Å². The van der Waals surface area contributed by atoms with Crippen molar-refractivity contribution in [3.8, 4) is 0 Å². The molecule has 5 nitrogen and oxygen atoms in total. The van der Waals surface area contributed by atoms with Gasteiger partial charge in [-0.05, 0) is 54.9 Å². The van der Waals surface area contributed by atoms with Crippen LogP contribution in [0.1, 0.15) is 55.0 Å². The second-order valence-electron chi connectivity index (χ2n) is 7.71. The second-order valence-corrected chi connectivity index (χ2v) is 8.80. The normalized spacial score (nSPS) is 13.7. The fourth-order valence-corrected chi connectivity index (χ4v) is 4.98. The molecule has 1 aromatic carbocycles. The van der Waals surface area contributed by atoms with Crippen molar-refractivity contribution < 1.29 is 4.79 Å². The van der Waals surface area contributed by atoms with Crippen molar-refractivity contribution in [2.75, 3.05) is 5.32 Å². The average Bonchev–Trinajstić information content (AvgIpc) is 3.07. The number of carbonyl (C=O) groups is 1. The van der Waals surface area contributed by atoms with E-state index in [0.29, 0.717) is 12.5 Å². The summed E-state index contributed by atoms with van der Waals surface area (Å²) in [5, 5.41) is 3.71. The third kappa shape index (κ3) is 3.74. The molecule has 0 aliphatic heterocycles. The number of fused-ring (bicyclic) bond motifs is 3. The van der Waals surface area contributed by atoms with Crippen LogP contribution in [0.5, 0.6) is 0 Å². The molecule has 0 radical (unpaired) electrons. The van der Waals surface area contributed by atoms with Gasteiger partial charge in [0.1, 0.15) is 4.83 Å². The van der Waals surface area contributed by atoms with Gasteiger partial charge < -0.3 is 5.32 Å². The number of amides is 1. The maximum atomic E-state index is 12.9. The number of hydrogen-bond donors (Lipinski definition) is 1. The van der Waals surface area contributed by atoms with Crippen LogP contribution in [-0.4, -0.2) is 15.5 Å². The third-order valence-corrected chi connectivity index (χ3v) is 6.56. The Hall–Kier alpha value is -2.47. The number of nitrogens with one attached hydrogen (secondary N) is 1. The van der Waals surface area contributed by atoms with Gasteiger partial charge >= 0.3 is 0 Å². The smallest absolute Gasteiger partial charge is 0.262 e. The fraction of sp³-hybridized carbons (Fsp3) is 0.409. The lowest BCUT2D eigenvalue weighted by atomic mass is 9.97. The van der Waals surface area contributed by atoms with Crippen molar-refractivity contribution in [1.29, 1.82) is 0 Å². The summed E-state index contributed by atoms with van der Waals surface area (Å²) in [4.78, 5) is 32.0. The molecule has 3 aromatic rings. The van der Waals surface area contributed by atoms with Crippen LogP contribution in [0.4, 0.5) is 5.69 Å². The molecule has 0 atom stereocenters. The summed E-state index contributed by atoms with van der Waals surface area (Å²) in [6, 6.07) is 7.90. The van der Waals surface area contributed by atoms with Crippen LogP contribution in [-0.2, 0) is 24.2 Å². The predicted octanol–water partition coefficient (Wildman–Crippen LogP) is 4.49. The summed E-state index contributed by atoms with van der Waals surface area (Å²) in [6.07, 6.45) is 6.15. The highest BCUT2D eigenvalue weighted by atomic mass is 32.1. The maximum absolute atomic E-state index is 12.9. The van der Waals surface area contributed by atoms with E-state index in [1.54, 1.807) is 22.2 Å². The Balaban J connectivity index is 1.48. The Morgan fingerprint density at radius 2 is 2.11 bits per heavy atom. The first-order chi connectivity index (χ1) is 13.5. The SMILES string of the molecule is CC(C)c1cccc(NC(=O)CCn2cnc3sc4c(c3c2=O)CCCC4)c1. The monoisotopic (exact) mass is 395 g/mol. The Morgan fingerprint density at radius 3 is 2.93 bits per heavy atom. The van der Waals surface area contributed by atoms with E-state index in [1.165, 1.54) is 22.4 Å². The quantitative estimate of drug-likeness (QED) is 0.692. The molecule has 1 N–H and O–H groups in total. The molecule has 2 heterocycles. The zero-order chi connectivity index (χ0) is 19.7. The van der Waals surface area contributed by atoms with E-state index in [4.69, 9.17) is 0 Å². The molecule has 6 heteroatoms. The molecular weight excluding hydrogens is 370 g/mol. The number of aryl methyl sites for hydroxylation is 3. The van der Waals surface area contributed by atoms with E-state index in [2.05, 4.69) is 30.2 Å². The van der Waals surface area contributed by atoms with Gasteiger partial charge in [0.05, 0.1) is 11.7 Å². The number of carbonyl (C=O) groups excluding carboxylic acids is 1. The van der Waals surface area contributed by atoms with Gasteiger partial charge in [0.25, 0.3) is 5.56 Å². The number of thiophene rings is 1. The fourth-order valence-electron chi connectivity index (χ4n) is 3.76. The van der Waals surface area contributed by atoms with Gasteiger partial charge in [-0.2, -0.15) is 0 Å². The largest absolute Gasteiger partial charge is 0.326 e. The lowest BCUT2D eigenvalue weighted by Gasteiger charge is -2.11. The summed E-state index contributed by atoms with van der Waals surface area (Å²) < 4.78 is 1.58. The summed E-state index contributed by atoms with van der Waals surface area (Å²) in [5.41, 5.74) is 3.15. The Morgan fingerprint density at radius 1 is 1.29 bits per heavy atom. The second kappa shape index (κ2) is 7.87. The summed E-state index contributed by atoms with van der Waals surface area (Å²) in [7, 11) is 0. The first kappa shape index (κ1) is 18.9. The lowest BCUT2D eigenvalue weighted by Crippen LogP contribution is -2.24. The van der Waals surface area contributed by atoms with E-state index in [9.17, 15) is 9.59 Å². The summed E-state index contributed by atoms with van der Waals surface area (Å²) >= 11 is 1.65. The van der Waals surface area contributed by atoms with Crippen molar-refractivity contribution >= 4 is 33.1 Å². The standard InChI is InChI=1S/C22H25N3O2S/c1-14(2)15-6-5-7-16(12-15)24-19(26)10-11-25-13-23-21-20(22(25)27)17-8-3-4-9-18(17)28-21/h5-7,12-14H,3-4,8-11H2,1-2H3,(H,24,26). The number of nitrogens with zero attached hydrogens (tertiary/aromatic N) is 2. The van der Waals surface area contributed by atoms with Gasteiger partial charge in [-0.3, -0.25) is 14.2 Å². The highest BCUT2D eigenvalue weighted by molar-refractivity contribution is 7.18. The van der Waals surface area contributed by atoms with E-state index in [1.807, 2.05) is 18.2 Å². The zero-order valence-corrected chi connectivity index (χ0v) is 17.1. The van der Waals surface area contributed by atoms with E-state index in [0.717, 1.165) is 35.2 Å². The van der Waals surface area contributed by atoms with E-state index < -0.39 is 0 Å². The summed E-state index contributed by atoms with van der Waals surface area (Å²) in [6.45, 7) is 4.58. The molecule has 0 fully saturated rings. The molecule has 1 amide bonds. The average molecular weight is 396 g/mol. The maximum Gasteiger partial charge on any atom is 0.262 e. The van der Waals surface area contributed by atoms with Crippen molar-refractivity contribution in [1.82, 2.24) is 9.55 Å². The minimum atomic E-state index is -0.0970. The molecule has 28 heavy (non-hydrogen) atoms. The van der Waals surface area contributed by atoms with Crippen LogP contribution in [0.3, 0.4) is 0 Å². The molecule has 1 aliphatic rings. The molecule has 0 bridgehead atoms. The zero-order valence-electron chi connectivity index (χ0n) is 16.3. The molecule has 0 spiro atoms. The molecule has 2 aromatic heterocycles. The molecule has 0 unspecified atom stereocenters. The van der Waals surface area contributed by atoms with Crippen molar-refractivity contribution in [2.45, 2.75) is 58.4 Å². The number of rotatable bonds is 5. The first-order valence-corrected chi connectivity index (χ1v) is 10.7. The summed E-state index contributed by atoms with van der Waals surface area (Å²) in [5.74, 6) is 0.310. The van der Waals surface area contributed by atoms with Gasteiger partial charge in [-0.25, -0.2) is 4.98 Å². The predicted molar refractivity (Wildman–Crippen MR) is 114 cm³/mol. The number of anilines is 1. The van der Waals surface area contributed by atoms with Crippen LogP contribution in [0.2, 0.25) is 0 Å². The highest BCUT2D eigenvalue weighted by Crippen LogP contribution is 2.33. The van der Waals surface area contributed by atoms with Gasteiger partial charge in [0, 0.05) is 23.5 Å². The molecular formula is C22H25N3O2S. The minimum Gasteiger partial charge on any atom is -0.326 e. The number of benzene rings is 1. The number of hydrogen-bond acceptors (Lipinski definition) is 4. The Labute approximate surface area is 168 Å². The molecule has 1 aliphatic carbocycles. The van der Waals surface area contributed by atoms with Gasteiger partial charge in [-0.1, -0.05) is 26.0 Å². The first-order valence-electron chi connectivity index (χ1n) is 9.92. The van der Waals surface area contributed by atoms with E-state index >= 15 is 0 Å².